The second kappa shape index (κ2) is 14.2. The van der Waals surface area contributed by atoms with Gasteiger partial charge in [0, 0.05) is 44.1 Å². The maximum absolute atomic E-state index is 14.2. The second-order valence-electron chi connectivity index (χ2n) is 12.2. The van der Waals surface area contributed by atoms with Gasteiger partial charge in [0.25, 0.3) is 5.91 Å². The molecule has 0 saturated carbocycles. The number of carbonyl (C=O) groups is 2. The smallest absolute Gasteiger partial charge is 0.377 e. The Hall–Kier alpha value is -5.03. The molecule has 2 aliphatic rings. The number of rotatable bonds is 10. The minimum absolute atomic E-state index is 0.0743. The summed E-state index contributed by atoms with van der Waals surface area (Å²) in [4.78, 5) is 30.2. The van der Waals surface area contributed by atoms with Crippen molar-refractivity contribution in [2.24, 2.45) is 7.05 Å². The SMILES string of the molecule is COCc1nc2cc(-c3cccc(NC(=O)c4ccc(NC(=O)/C=C/CNC5C[C@H]6CC[C@@H](C5)O6)c(C#N)c4)c3)c(C(F)(F)F)cc2n1C. The van der Waals surface area contributed by atoms with Crippen molar-refractivity contribution in [2.45, 2.75) is 56.7 Å². The lowest BCUT2D eigenvalue weighted by atomic mass is 9.97. The van der Waals surface area contributed by atoms with Crippen molar-refractivity contribution >= 4 is 34.2 Å². The summed E-state index contributed by atoms with van der Waals surface area (Å²) in [6, 6.07) is 15.1. The molecule has 13 heteroatoms. The molecule has 2 amide bonds. The third kappa shape index (κ3) is 7.67. The van der Waals surface area contributed by atoms with Gasteiger partial charge in [-0.1, -0.05) is 18.2 Å². The number of fused-ring (bicyclic) bond motifs is 3. The average molecular weight is 673 g/mol. The number of alkyl halides is 3. The van der Waals surface area contributed by atoms with Crippen LogP contribution in [0.15, 0.2) is 66.7 Å². The lowest BCUT2D eigenvalue weighted by Gasteiger charge is -2.28. The number of carbonyl (C=O) groups excluding carboxylic acids is 2. The van der Waals surface area contributed by atoms with Crippen LogP contribution in [0.2, 0.25) is 0 Å². The monoisotopic (exact) mass is 672 g/mol. The predicted molar refractivity (Wildman–Crippen MR) is 178 cm³/mol. The number of methoxy groups -OCH3 is 1. The van der Waals surface area contributed by atoms with Crippen LogP contribution in [0.25, 0.3) is 22.2 Å². The number of anilines is 2. The molecule has 3 atom stereocenters. The van der Waals surface area contributed by atoms with E-state index in [0.717, 1.165) is 31.7 Å². The Labute approximate surface area is 280 Å². The van der Waals surface area contributed by atoms with E-state index < -0.39 is 23.6 Å². The Morgan fingerprint density at radius 2 is 1.88 bits per heavy atom. The van der Waals surface area contributed by atoms with E-state index >= 15 is 0 Å². The first-order valence-corrected chi connectivity index (χ1v) is 15.9. The zero-order valence-corrected chi connectivity index (χ0v) is 26.9. The number of aromatic nitrogens is 2. The summed E-state index contributed by atoms with van der Waals surface area (Å²) in [5.41, 5.74) is 0.663. The quantitative estimate of drug-likeness (QED) is 0.168. The van der Waals surface area contributed by atoms with Crippen molar-refractivity contribution in [3.8, 4) is 17.2 Å². The fraction of sp³-hybridized carbons (Fsp3) is 0.333. The zero-order chi connectivity index (χ0) is 34.7. The molecular weight excluding hydrogens is 637 g/mol. The van der Waals surface area contributed by atoms with Gasteiger partial charge >= 0.3 is 6.18 Å². The first-order valence-electron chi connectivity index (χ1n) is 15.9. The second-order valence-corrected chi connectivity index (χ2v) is 12.2. The summed E-state index contributed by atoms with van der Waals surface area (Å²) in [5, 5.41) is 18.5. The molecule has 2 bridgehead atoms. The van der Waals surface area contributed by atoms with E-state index in [1.165, 1.54) is 49.6 Å². The van der Waals surface area contributed by atoms with Gasteiger partial charge in [-0.15, -0.1) is 0 Å². The normalized spacial score (nSPS) is 18.9. The van der Waals surface area contributed by atoms with Gasteiger partial charge in [0.1, 0.15) is 18.5 Å². The summed E-state index contributed by atoms with van der Waals surface area (Å²) in [6.45, 7) is 0.657. The highest BCUT2D eigenvalue weighted by molar-refractivity contribution is 6.06. The van der Waals surface area contributed by atoms with Crippen LogP contribution in [-0.4, -0.2) is 53.3 Å². The van der Waals surface area contributed by atoms with Gasteiger partial charge in [-0.3, -0.25) is 9.59 Å². The molecule has 2 saturated heterocycles. The molecule has 0 aliphatic carbocycles. The molecule has 0 radical (unpaired) electrons. The summed E-state index contributed by atoms with van der Waals surface area (Å²) >= 11 is 0. The lowest BCUT2D eigenvalue weighted by molar-refractivity contribution is -0.137. The Kier molecular flexibility index (Phi) is 9.82. The summed E-state index contributed by atoms with van der Waals surface area (Å²) in [7, 11) is 3.11. The van der Waals surface area contributed by atoms with Crippen LogP contribution in [0.3, 0.4) is 0 Å². The number of nitriles is 1. The summed E-state index contributed by atoms with van der Waals surface area (Å²) in [5.74, 6) is -0.525. The van der Waals surface area contributed by atoms with Gasteiger partial charge in [0.05, 0.1) is 40.1 Å². The minimum atomic E-state index is -4.66. The number of ether oxygens (including phenoxy) is 2. The molecule has 2 fully saturated rings. The van der Waals surface area contributed by atoms with Gasteiger partial charge in [-0.2, -0.15) is 18.4 Å². The molecule has 3 heterocycles. The largest absolute Gasteiger partial charge is 0.417 e. The van der Waals surface area contributed by atoms with E-state index in [0.29, 0.717) is 41.7 Å². The summed E-state index contributed by atoms with van der Waals surface area (Å²) < 4.78 is 55.3. The summed E-state index contributed by atoms with van der Waals surface area (Å²) in [6.07, 6.45) is 3.22. The minimum Gasteiger partial charge on any atom is -0.377 e. The molecule has 1 aromatic heterocycles. The van der Waals surface area contributed by atoms with Crippen molar-refractivity contribution in [1.29, 1.82) is 5.26 Å². The molecule has 254 valence electrons. The molecule has 0 spiro atoms. The number of amides is 2. The molecule has 1 unspecified atom stereocenters. The number of nitrogens with one attached hydrogen (secondary N) is 3. The molecule has 49 heavy (non-hydrogen) atoms. The Bertz CT molecular complexity index is 1950. The van der Waals surface area contributed by atoms with Crippen molar-refractivity contribution in [2.75, 3.05) is 24.3 Å². The van der Waals surface area contributed by atoms with E-state index in [9.17, 15) is 28.0 Å². The molecular formula is C36H35F3N6O4. The average Bonchev–Trinajstić information content (AvgIpc) is 3.58. The third-order valence-corrected chi connectivity index (χ3v) is 8.87. The van der Waals surface area contributed by atoms with E-state index in [2.05, 4.69) is 20.9 Å². The number of hydrogen-bond acceptors (Lipinski definition) is 7. The highest BCUT2D eigenvalue weighted by atomic mass is 19.4. The van der Waals surface area contributed by atoms with Gasteiger partial charge < -0.3 is 30.0 Å². The maximum atomic E-state index is 14.2. The van der Waals surface area contributed by atoms with Crippen LogP contribution < -0.4 is 16.0 Å². The lowest BCUT2D eigenvalue weighted by Crippen LogP contribution is -2.39. The molecule has 3 aromatic carbocycles. The highest BCUT2D eigenvalue weighted by Crippen LogP contribution is 2.40. The van der Waals surface area contributed by atoms with Crippen LogP contribution in [0.1, 0.15) is 53.0 Å². The van der Waals surface area contributed by atoms with Gasteiger partial charge in [-0.05, 0) is 79.3 Å². The standard InChI is InChI=1S/C36H35F3N6O4/c1-45-32-18-29(36(37,38)39)28(17-31(32)43-33(45)20-48-2)21-5-3-6-24(14-21)42-35(47)22-8-11-30(23(13-22)19-40)44-34(46)7-4-12-41-25-15-26-9-10-27(16-25)49-26/h3-8,11,13-14,17-18,25-27,41H,9-10,12,15-16,20H2,1-2H3,(H,42,47)(H,44,46)/b7-4+/t25?,26-,27+. The van der Waals surface area contributed by atoms with Crippen LogP contribution >= 0.6 is 0 Å². The highest BCUT2D eigenvalue weighted by Gasteiger charge is 2.35. The Balaban J connectivity index is 1.13. The number of halogens is 3. The zero-order valence-electron chi connectivity index (χ0n) is 26.9. The number of hydrogen-bond donors (Lipinski definition) is 3. The molecule has 4 aromatic rings. The fourth-order valence-electron chi connectivity index (χ4n) is 6.47. The van der Waals surface area contributed by atoms with Gasteiger partial charge in [-0.25, -0.2) is 4.98 Å². The van der Waals surface area contributed by atoms with E-state index in [-0.39, 0.29) is 40.2 Å². The van der Waals surface area contributed by atoms with Crippen LogP contribution in [-0.2, 0) is 34.1 Å². The van der Waals surface area contributed by atoms with Crippen molar-refractivity contribution in [1.82, 2.24) is 14.9 Å². The van der Waals surface area contributed by atoms with Crippen molar-refractivity contribution in [3.63, 3.8) is 0 Å². The first-order chi connectivity index (χ1) is 23.5. The predicted octanol–water partition coefficient (Wildman–Crippen LogP) is 6.32. The van der Waals surface area contributed by atoms with Crippen molar-refractivity contribution < 1.29 is 32.2 Å². The first kappa shape index (κ1) is 33.9. The number of imidazole rings is 1. The fourth-order valence-corrected chi connectivity index (χ4v) is 6.47. The van der Waals surface area contributed by atoms with Crippen LogP contribution in [0.4, 0.5) is 24.5 Å². The Morgan fingerprint density at radius 1 is 1.10 bits per heavy atom. The molecule has 3 N–H and O–H groups in total. The Morgan fingerprint density at radius 3 is 2.59 bits per heavy atom. The van der Waals surface area contributed by atoms with Gasteiger partial charge in [0.15, 0.2) is 0 Å². The molecule has 10 nitrogen and oxygen atoms in total. The third-order valence-electron chi connectivity index (χ3n) is 8.87. The van der Waals surface area contributed by atoms with E-state index in [1.54, 1.807) is 29.8 Å². The van der Waals surface area contributed by atoms with Crippen LogP contribution in [0.5, 0.6) is 0 Å². The topological polar surface area (TPSA) is 130 Å². The molecule has 2 aliphatic heterocycles. The van der Waals surface area contributed by atoms with Crippen LogP contribution in [0, 0.1) is 11.3 Å². The molecule has 6 rings (SSSR count). The number of benzene rings is 3. The van der Waals surface area contributed by atoms with E-state index in [1.807, 2.05) is 6.07 Å². The van der Waals surface area contributed by atoms with E-state index in [4.69, 9.17) is 9.47 Å². The number of nitrogens with zero attached hydrogens (tertiary/aromatic N) is 3. The van der Waals surface area contributed by atoms with Gasteiger partial charge in [0.2, 0.25) is 5.91 Å². The van der Waals surface area contributed by atoms with Crippen molar-refractivity contribution in [3.05, 3.63) is 89.3 Å². The maximum Gasteiger partial charge on any atom is 0.417 e. The number of aryl methyl sites for hydroxylation is 1.